The third kappa shape index (κ3) is 3.41. The molecule has 1 aromatic carbocycles. The summed E-state index contributed by atoms with van der Waals surface area (Å²) in [6.07, 6.45) is 4.33. The number of benzene rings is 1. The highest BCUT2D eigenvalue weighted by molar-refractivity contribution is 5.66. The molecule has 25 heavy (non-hydrogen) atoms. The van der Waals surface area contributed by atoms with Crippen LogP contribution in [-0.4, -0.2) is 26.6 Å². The van der Waals surface area contributed by atoms with E-state index in [-0.39, 0.29) is 5.82 Å². The molecule has 0 bridgehead atoms. The van der Waals surface area contributed by atoms with Crippen molar-refractivity contribution in [1.82, 2.24) is 25.4 Å². The van der Waals surface area contributed by atoms with Crippen LogP contribution >= 0.6 is 0 Å². The fourth-order valence-corrected chi connectivity index (χ4v) is 2.73. The highest BCUT2D eigenvalue weighted by atomic mass is 19.1. The molecular formula is C18H16FN5O. The van der Waals surface area contributed by atoms with E-state index >= 15 is 0 Å². The van der Waals surface area contributed by atoms with Gasteiger partial charge in [0.05, 0.1) is 6.26 Å². The van der Waals surface area contributed by atoms with Gasteiger partial charge in [-0.15, -0.1) is 5.10 Å². The molecule has 0 saturated carbocycles. The highest BCUT2D eigenvalue weighted by Crippen LogP contribution is 2.22. The molecule has 3 heterocycles. The predicted molar refractivity (Wildman–Crippen MR) is 90.3 cm³/mol. The van der Waals surface area contributed by atoms with Crippen molar-refractivity contribution in [3.05, 3.63) is 72.1 Å². The molecule has 3 aromatic heterocycles. The zero-order valence-electron chi connectivity index (χ0n) is 13.4. The topological polar surface area (TPSA) is 68.2 Å². The van der Waals surface area contributed by atoms with Crippen molar-refractivity contribution in [2.75, 3.05) is 6.54 Å². The Morgan fingerprint density at radius 2 is 2.00 bits per heavy atom. The molecule has 6 nitrogen and oxygen atoms in total. The molecule has 7 heteroatoms. The van der Waals surface area contributed by atoms with E-state index in [4.69, 9.17) is 4.42 Å². The van der Waals surface area contributed by atoms with Gasteiger partial charge in [0, 0.05) is 36.8 Å². The Kier molecular flexibility index (Phi) is 4.22. The zero-order chi connectivity index (χ0) is 17.1. The Balaban J connectivity index is 1.54. The number of nitrogens with one attached hydrogen (secondary N) is 1. The Labute approximate surface area is 143 Å². The summed E-state index contributed by atoms with van der Waals surface area (Å²) in [5.74, 6) is 0.689. The first-order valence-corrected chi connectivity index (χ1v) is 7.99. The van der Waals surface area contributed by atoms with Gasteiger partial charge in [-0.2, -0.15) is 4.52 Å². The quantitative estimate of drug-likeness (QED) is 0.548. The summed E-state index contributed by atoms with van der Waals surface area (Å²) >= 11 is 0. The Bertz CT molecular complexity index is 963. The lowest BCUT2D eigenvalue weighted by Crippen LogP contribution is -2.17. The summed E-state index contributed by atoms with van der Waals surface area (Å²) in [7, 11) is 0. The van der Waals surface area contributed by atoms with Crippen LogP contribution in [0, 0.1) is 5.82 Å². The van der Waals surface area contributed by atoms with Crippen LogP contribution in [0.5, 0.6) is 0 Å². The molecule has 126 valence electrons. The van der Waals surface area contributed by atoms with Gasteiger partial charge in [-0.3, -0.25) is 0 Å². The number of nitrogens with zero attached hydrogens (tertiary/aromatic N) is 4. The number of tetrazole rings is 1. The van der Waals surface area contributed by atoms with Gasteiger partial charge in [0.1, 0.15) is 11.6 Å². The molecule has 0 aliphatic rings. The number of aromatic nitrogens is 4. The van der Waals surface area contributed by atoms with Gasteiger partial charge in [-0.25, -0.2) is 4.39 Å². The minimum absolute atomic E-state index is 0.257. The summed E-state index contributed by atoms with van der Waals surface area (Å²) in [6, 6.07) is 12.2. The van der Waals surface area contributed by atoms with Gasteiger partial charge in [0.2, 0.25) is 0 Å². The molecule has 0 radical (unpaired) electrons. The standard InChI is InChI=1S/C18H16FN5O/c19-16-5-3-13(4-6-16)15-10-14(18-21-22-23-24(18)12-15)11-20-8-7-17-2-1-9-25-17/h1-6,9-10,12,20H,7-8,11H2. The van der Waals surface area contributed by atoms with Gasteiger partial charge in [0.15, 0.2) is 5.65 Å². The Hall–Kier alpha value is -3.06. The first-order chi connectivity index (χ1) is 12.3. The van der Waals surface area contributed by atoms with Crippen LogP contribution in [0.3, 0.4) is 0 Å². The predicted octanol–water partition coefficient (Wildman–Crippen LogP) is 2.86. The van der Waals surface area contributed by atoms with Gasteiger partial charge < -0.3 is 9.73 Å². The van der Waals surface area contributed by atoms with Crippen LogP contribution < -0.4 is 5.32 Å². The minimum atomic E-state index is -0.257. The molecule has 0 unspecified atom stereocenters. The van der Waals surface area contributed by atoms with Crippen LogP contribution in [0.1, 0.15) is 11.3 Å². The lowest BCUT2D eigenvalue weighted by Gasteiger charge is -2.08. The first-order valence-electron chi connectivity index (χ1n) is 7.99. The summed E-state index contributed by atoms with van der Waals surface area (Å²) in [4.78, 5) is 0. The van der Waals surface area contributed by atoms with E-state index in [0.717, 1.165) is 35.4 Å². The van der Waals surface area contributed by atoms with Crippen molar-refractivity contribution in [2.24, 2.45) is 0 Å². The van der Waals surface area contributed by atoms with Gasteiger partial charge in [-0.05, 0) is 46.3 Å². The van der Waals surface area contributed by atoms with Crippen molar-refractivity contribution < 1.29 is 8.81 Å². The Morgan fingerprint density at radius 3 is 2.80 bits per heavy atom. The number of hydrogen-bond acceptors (Lipinski definition) is 5. The molecule has 1 N–H and O–H groups in total. The van der Waals surface area contributed by atoms with Crippen LogP contribution in [0.2, 0.25) is 0 Å². The Morgan fingerprint density at radius 1 is 1.12 bits per heavy atom. The minimum Gasteiger partial charge on any atom is -0.469 e. The number of rotatable bonds is 6. The molecule has 0 amide bonds. The maximum Gasteiger partial charge on any atom is 0.183 e. The van der Waals surface area contributed by atoms with Gasteiger partial charge in [-0.1, -0.05) is 12.1 Å². The molecule has 4 rings (SSSR count). The zero-order valence-corrected chi connectivity index (χ0v) is 13.4. The second-order valence-corrected chi connectivity index (χ2v) is 5.71. The third-order valence-corrected chi connectivity index (χ3v) is 3.99. The van der Waals surface area contributed by atoms with E-state index in [1.54, 1.807) is 22.9 Å². The van der Waals surface area contributed by atoms with Crippen LogP contribution in [0.15, 0.2) is 59.3 Å². The van der Waals surface area contributed by atoms with Crippen LogP contribution in [0.4, 0.5) is 4.39 Å². The molecule has 0 spiro atoms. The van der Waals surface area contributed by atoms with E-state index in [1.807, 2.05) is 24.4 Å². The molecule has 0 aliphatic carbocycles. The molecule has 0 atom stereocenters. The van der Waals surface area contributed by atoms with E-state index in [9.17, 15) is 4.39 Å². The lowest BCUT2D eigenvalue weighted by atomic mass is 10.1. The number of hydrogen-bond donors (Lipinski definition) is 1. The number of fused-ring (bicyclic) bond motifs is 1. The number of halogens is 1. The second-order valence-electron chi connectivity index (χ2n) is 5.71. The van der Waals surface area contributed by atoms with Crippen LogP contribution in [0.25, 0.3) is 16.8 Å². The largest absolute Gasteiger partial charge is 0.469 e. The average Bonchev–Trinajstić information content (AvgIpc) is 3.30. The van der Waals surface area contributed by atoms with E-state index in [2.05, 4.69) is 20.8 Å². The van der Waals surface area contributed by atoms with Crippen LogP contribution in [-0.2, 0) is 13.0 Å². The van der Waals surface area contributed by atoms with Gasteiger partial charge in [0.25, 0.3) is 0 Å². The van der Waals surface area contributed by atoms with E-state index in [0.29, 0.717) is 12.2 Å². The maximum absolute atomic E-state index is 13.2. The number of furan rings is 1. The van der Waals surface area contributed by atoms with Crippen molar-refractivity contribution in [1.29, 1.82) is 0 Å². The SMILES string of the molecule is Fc1ccc(-c2cc(CNCCc3ccco3)c3nnnn3c2)cc1. The van der Waals surface area contributed by atoms with Crippen molar-refractivity contribution >= 4 is 5.65 Å². The van der Waals surface area contributed by atoms with E-state index < -0.39 is 0 Å². The average molecular weight is 337 g/mol. The normalized spacial score (nSPS) is 11.2. The summed E-state index contributed by atoms with van der Waals surface area (Å²) in [5.41, 5.74) is 3.53. The molecular weight excluding hydrogens is 321 g/mol. The third-order valence-electron chi connectivity index (χ3n) is 3.99. The van der Waals surface area contributed by atoms with Crippen molar-refractivity contribution in [3.8, 4) is 11.1 Å². The fourth-order valence-electron chi connectivity index (χ4n) is 2.73. The summed E-state index contributed by atoms with van der Waals surface area (Å²) < 4.78 is 20.1. The van der Waals surface area contributed by atoms with Gasteiger partial charge >= 0.3 is 0 Å². The highest BCUT2D eigenvalue weighted by Gasteiger charge is 2.09. The summed E-state index contributed by atoms with van der Waals surface area (Å²) in [5, 5.41) is 15.2. The van der Waals surface area contributed by atoms with Crippen molar-refractivity contribution in [3.63, 3.8) is 0 Å². The molecule has 0 aliphatic heterocycles. The summed E-state index contributed by atoms with van der Waals surface area (Å²) in [6.45, 7) is 1.40. The van der Waals surface area contributed by atoms with E-state index in [1.165, 1.54) is 12.1 Å². The first kappa shape index (κ1) is 15.5. The number of pyridine rings is 1. The molecule has 4 aromatic rings. The van der Waals surface area contributed by atoms with Crippen molar-refractivity contribution in [2.45, 2.75) is 13.0 Å². The maximum atomic E-state index is 13.2. The lowest BCUT2D eigenvalue weighted by molar-refractivity contribution is 0.499. The molecule has 0 fully saturated rings. The second kappa shape index (κ2) is 6.82. The smallest absolute Gasteiger partial charge is 0.183 e. The monoisotopic (exact) mass is 337 g/mol. The fraction of sp³-hybridized carbons (Fsp3) is 0.167. The molecule has 0 saturated heterocycles.